The number of hydrogen-bond donors (Lipinski definition) is 1. The molecule has 0 unspecified atom stereocenters. The second-order valence-corrected chi connectivity index (χ2v) is 6.27. The van der Waals surface area contributed by atoms with Gasteiger partial charge in [-0.3, -0.25) is 0 Å². The fourth-order valence-electron chi connectivity index (χ4n) is 1.32. The van der Waals surface area contributed by atoms with Crippen LogP contribution in [0.3, 0.4) is 0 Å². The predicted molar refractivity (Wildman–Crippen MR) is 66.0 cm³/mol. The van der Waals surface area contributed by atoms with Gasteiger partial charge in [-0.2, -0.15) is 0 Å². The van der Waals surface area contributed by atoms with Crippen LogP contribution in [0.2, 0.25) is 0 Å². The second kappa shape index (κ2) is 9.16. The van der Waals surface area contributed by atoms with Crippen LogP contribution in [0, 0.1) is 0 Å². The van der Waals surface area contributed by atoms with Gasteiger partial charge in [-0.15, -0.1) is 0 Å². The van der Waals surface area contributed by atoms with Gasteiger partial charge in [-0.1, -0.05) is 33.1 Å². The standard InChI is InChI=1S/C11H25NO2S/c1-3-5-7-8-12-9-11-15(13,14)10-6-4-2/h12H,3-11H2,1-2H3. The second-order valence-electron chi connectivity index (χ2n) is 3.96. The molecule has 0 heterocycles. The summed E-state index contributed by atoms with van der Waals surface area (Å²) in [6, 6.07) is 0. The molecule has 0 aromatic rings. The molecule has 0 aromatic heterocycles. The number of nitrogens with one attached hydrogen (secondary N) is 1. The van der Waals surface area contributed by atoms with Crippen LogP contribution in [-0.2, 0) is 9.84 Å². The van der Waals surface area contributed by atoms with Crippen molar-refractivity contribution >= 4 is 9.84 Å². The van der Waals surface area contributed by atoms with Gasteiger partial charge in [0.05, 0.1) is 11.5 Å². The Kier molecular flexibility index (Phi) is 9.10. The summed E-state index contributed by atoms with van der Waals surface area (Å²) < 4.78 is 22.9. The molecule has 0 saturated carbocycles. The van der Waals surface area contributed by atoms with Crippen molar-refractivity contribution < 1.29 is 8.42 Å². The normalized spacial score (nSPS) is 11.9. The molecule has 15 heavy (non-hydrogen) atoms. The summed E-state index contributed by atoms with van der Waals surface area (Å²) in [5, 5.41) is 3.17. The third kappa shape index (κ3) is 10.2. The Labute approximate surface area is 94.6 Å². The van der Waals surface area contributed by atoms with Gasteiger partial charge in [0.2, 0.25) is 0 Å². The van der Waals surface area contributed by atoms with E-state index in [4.69, 9.17) is 0 Å². The summed E-state index contributed by atoms with van der Waals surface area (Å²) in [4.78, 5) is 0. The van der Waals surface area contributed by atoms with Crippen LogP contribution >= 0.6 is 0 Å². The van der Waals surface area contributed by atoms with Crippen molar-refractivity contribution in [3.63, 3.8) is 0 Å². The summed E-state index contributed by atoms with van der Waals surface area (Å²) >= 11 is 0. The third-order valence-electron chi connectivity index (χ3n) is 2.36. The minimum Gasteiger partial charge on any atom is -0.316 e. The van der Waals surface area contributed by atoms with E-state index in [-0.39, 0.29) is 0 Å². The molecule has 0 rings (SSSR count). The molecule has 92 valence electrons. The molecule has 0 saturated heterocycles. The lowest BCUT2D eigenvalue weighted by atomic mass is 10.2. The average molecular weight is 235 g/mol. The molecule has 3 nitrogen and oxygen atoms in total. The van der Waals surface area contributed by atoms with Crippen LogP contribution in [0.1, 0.15) is 46.0 Å². The number of hydrogen-bond acceptors (Lipinski definition) is 3. The highest BCUT2D eigenvalue weighted by molar-refractivity contribution is 7.91. The summed E-state index contributed by atoms with van der Waals surface area (Å²) in [7, 11) is -2.80. The highest BCUT2D eigenvalue weighted by Gasteiger charge is 2.08. The van der Waals surface area contributed by atoms with Crippen LogP contribution < -0.4 is 5.32 Å². The molecule has 0 atom stereocenters. The molecule has 4 heteroatoms. The lowest BCUT2D eigenvalue weighted by molar-refractivity contribution is 0.583. The highest BCUT2D eigenvalue weighted by atomic mass is 32.2. The first-order chi connectivity index (χ1) is 7.12. The van der Waals surface area contributed by atoms with Gasteiger partial charge in [0.1, 0.15) is 0 Å². The number of rotatable bonds is 10. The Bertz CT molecular complexity index is 225. The molecule has 0 amide bonds. The van der Waals surface area contributed by atoms with Gasteiger partial charge >= 0.3 is 0 Å². The van der Waals surface area contributed by atoms with Gasteiger partial charge in [0.25, 0.3) is 0 Å². The summed E-state index contributed by atoms with van der Waals surface area (Å²) in [6.45, 7) is 5.72. The summed E-state index contributed by atoms with van der Waals surface area (Å²) in [5.41, 5.74) is 0. The van der Waals surface area contributed by atoms with Crippen molar-refractivity contribution in [2.45, 2.75) is 46.0 Å². The lowest BCUT2D eigenvalue weighted by Gasteiger charge is -2.05. The zero-order chi connectivity index (χ0) is 11.6. The SMILES string of the molecule is CCCCCNCCS(=O)(=O)CCCC. The minimum absolute atomic E-state index is 0.291. The molecule has 0 aromatic carbocycles. The first-order valence-corrected chi connectivity index (χ1v) is 7.85. The zero-order valence-electron chi connectivity index (χ0n) is 10.1. The Morgan fingerprint density at radius 1 is 0.867 bits per heavy atom. The summed E-state index contributed by atoms with van der Waals surface area (Å²) in [5.74, 6) is 0.638. The third-order valence-corrected chi connectivity index (χ3v) is 4.09. The van der Waals surface area contributed by atoms with E-state index in [9.17, 15) is 8.42 Å². The first-order valence-electron chi connectivity index (χ1n) is 6.03. The van der Waals surface area contributed by atoms with Gasteiger partial charge in [0, 0.05) is 6.54 Å². The van der Waals surface area contributed by atoms with Crippen LogP contribution in [0.25, 0.3) is 0 Å². The zero-order valence-corrected chi connectivity index (χ0v) is 10.9. The Morgan fingerprint density at radius 2 is 1.53 bits per heavy atom. The fourth-order valence-corrected chi connectivity index (χ4v) is 2.71. The minimum atomic E-state index is -2.80. The van der Waals surface area contributed by atoms with E-state index in [1.807, 2.05) is 6.92 Å². The van der Waals surface area contributed by atoms with Gasteiger partial charge in [-0.25, -0.2) is 8.42 Å². The molecular weight excluding hydrogens is 210 g/mol. The van der Waals surface area contributed by atoms with Crippen molar-refractivity contribution in [1.82, 2.24) is 5.32 Å². The molecular formula is C11H25NO2S. The van der Waals surface area contributed by atoms with Crippen LogP contribution in [-0.4, -0.2) is 33.0 Å². The van der Waals surface area contributed by atoms with Gasteiger partial charge in [0.15, 0.2) is 9.84 Å². The van der Waals surface area contributed by atoms with Crippen molar-refractivity contribution in [3.05, 3.63) is 0 Å². The smallest absolute Gasteiger partial charge is 0.151 e. The molecule has 0 radical (unpaired) electrons. The number of sulfone groups is 1. The largest absolute Gasteiger partial charge is 0.316 e. The van der Waals surface area contributed by atoms with E-state index in [1.165, 1.54) is 12.8 Å². The van der Waals surface area contributed by atoms with Crippen LogP contribution in [0.4, 0.5) is 0 Å². The molecule has 0 aliphatic heterocycles. The van der Waals surface area contributed by atoms with E-state index < -0.39 is 9.84 Å². The van der Waals surface area contributed by atoms with E-state index >= 15 is 0 Å². The highest BCUT2D eigenvalue weighted by Crippen LogP contribution is 1.96. The Hall–Kier alpha value is -0.0900. The van der Waals surface area contributed by atoms with Gasteiger partial charge in [-0.05, 0) is 19.4 Å². The Balaban J connectivity index is 3.41. The Morgan fingerprint density at radius 3 is 2.13 bits per heavy atom. The van der Waals surface area contributed by atoms with Crippen molar-refractivity contribution in [1.29, 1.82) is 0 Å². The summed E-state index contributed by atoms with van der Waals surface area (Å²) in [6.07, 6.45) is 5.30. The first kappa shape index (κ1) is 14.9. The van der Waals surface area contributed by atoms with E-state index in [2.05, 4.69) is 12.2 Å². The molecule has 0 aliphatic carbocycles. The average Bonchev–Trinajstić information content (AvgIpc) is 2.20. The van der Waals surface area contributed by atoms with Crippen LogP contribution in [0.15, 0.2) is 0 Å². The maximum atomic E-state index is 11.4. The molecule has 0 spiro atoms. The molecule has 0 fully saturated rings. The van der Waals surface area contributed by atoms with E-state index in [0.29, 0.717) is 18.1 Å². The monoisotopic (exact) mass is 235 g/mol. The van der Waals surface area contributed by atoms with Crippen molar-refractivity contribution in [2.75, 3.05) is 24.6 Å². The maximum absolute atomic E-state index is 11.4. The molecule has 1 N–H and O–H groups in total. The lowest BCUT2D eigenvalue weighted by Crippen LogP contribution is -2.25. The molecule has 0 aliphatic rings. The topological polar surface area (TPSA) is 46.2 Å². The van der Waals surface area contributed by atoms with Gasteiger partial charge < -0.3 is 5.32 Å². The van der Waals surface area contributed by atoms with Crippen molar-refractivity contribution in [2.24, 2.45) is 0 Å². The van der Waals surface area contributed by atoms with E-state index in [1.54, 1.807) is 0 Å². The maximum Gasteiger partial charge on any atom is 0.151 e. The fraction of sp³-hybridized carbons (Fsp3) is 1.00. The van der Waals surface area contributed by atoms with E-state index in [0.717, 1.165) is 25.8 Å². The quantitative estimate of drug-likeness (QED) is 0.589. The number of unbranched alkanes of at least 4 members (excludes halogenated alkanes) is 3. The predicted octanol–water partition coefficient (Wildman–Crippen LogP) is 1.98. The van der Waals surface area contributed by atoms with Crippen molar-refractivity contribution in [3.8, 4) is 0 Å². The molecule has 0 bridgehead atoms. The van der Waals surface area contributed by atoms with Crippen LogP contribution in [0.5, 0.6) is 0 Å².